The van der Waals surface area contributed by atoms with Crippen molar-refractivity contribution >= 4 is 155 Å². The molecule has 0 aliphatic carbocycles. The van der Waals surface area contributed by atoms with Gasteiger partial charge in [-0.15, -0.1) is 0 Å². The summed E-state index contributed by atoms with van der Waals surface area (Å²) in [5.41, 5.74) is 12.2. The molecule has 0 bridgehead atoms. The molecule has 0 saturated carbocycles. The molecule has 0 spiro atoms. The molecule has 2 heterocycles. The van der Waals surface area contributed by atoms with Crippen molar-refractivity contribution < 1.29 is 68.6 Å². The summed E-state index contributed by atoms with van der Waals surface area (Å²) in [6.45, 7) is 10.7. The van der Waals surface area contributed by atoms with Crippen molar-refractivity contribution in [2.45, 2.75) is 52.7 Å². The summed E-state index contributed by atoms with van der Waals surface area (Å²) >= 11 is 5.61. The van der Waals surface area contributed by atoms with Gasteiger partial charge in [0.05, 0.1) is 42.2 Å². The van der Waals surface area contributed by atoms with Crippen LogP contribution in [-0.4, -0.2) is 76.4 Å². The van der Waals surface area contributed by atoms with Gasteiger partial charge in [0.2, 0.25) is 0 Å². The summed E-state index contributed by atoms with van der Waals surface area (Å²) in [5.74, 6) is -1.44. The van der Waals surface area contributed by atoms with E-state index in [1.54, 1.807) is 84.0 Å². The minimum absolute atomic E-state index is 0. The van der Waals surface area contributed by atoms with Gasteiger partial charge in [-0.25, -0.2) is 29.1 Å². The molecule has 0 radical (unpaired) electrons. The van der Waals surface area contributed by atoms with Gasteiger partial charge in [-0.3, -0.25) is 0 Å². The first kappa shape index (κ1) is 100. The third-order valence-corrected chi connectivity index (χ3v) is 28.4. The standard InChI is InChI=1S/C18H20N2O4.4C18H15P.C11H15BO4.C7H7ClN2O2.Pd/c1-18(2,3)24-16(21)12-7-5-6-11(10-12)15-13(17(22)23-4)8-9-14(19)20-15;4*1-4-10-16(11-5-1)19(17-12-6-2-7-13-17)18-14-8-3-9-15-18;1-11(2,3)16-10(13)8-5-4-6-9(7-8)12(14)15;1-12-7(11)4-2-3-5(9)10-6(4)8;/h5-10H,1-4H3,(H2,19,20);4*1-15H;4-7,14-15H,1-3H3;2-3H,1H3,(H2,9,10);. The molecule has 129 heavy (non-hydrogen) atoms. The number of anilines is 2. The minimum atomic E-state index is -1.58. The number of methoxy groups -OCH3 is 2. The zero-order valence-corrected chi connectivity index (χ0v) is 78.7. The van der Waals surface area contributed by atoms with Crippen LogP contribution >= 0.6 is 43.3 Å². The van der Waals surface area contributed by atoms with E-state index in [1.165, 1.54) is 108 Å². The number of ether oxygens (including phenoxy) is 4. The number of halogens is 1. The van der Waals surface area contributed by atoms with Crippen LogP contribution in [0.25, 0.3) is 11.3 Å². The predicted octanol–water partition coefficient (Wildman–Crippen LogP) is 18.3. The van der Waals surface area contributed by atoms with Crippen molar-refractivity contribution in [1.82, 2.24) is 9.97 Å². The number of aromatic nitrogens is 2. The van der Waals surface area contributed by atoms with E-state index >= 15 is 0 Å². The number of nitrogens with two attached hydrogens (primary N) is 2. The van der Waals surface area contributed by atoms with E-state index in [9.17, 15) is 19.2 Å². The third-order valence-electron chi connectivity index (χ3n) is 18.4. The van der Waals surface area contributed by atoms with Crippen LogP contribution in [0.5, 0.6) is 0 Å². The Morgan fingerprint density at radius 3 is 0.752 bits per heavy atom. The number of esters is 4. The number of hydrogen-bond acceptors (Lipinski definition) is 14. The topological polar surface area (TPSA) is 223 Å². The molecule has 16 aromatic rings. The maximum absolute atomic E-state index is 12.2. The van der Waals surface area contributed by atoms with Gasteiger partial charge in [0.15, 0.2) is 0 Å². The van der Waals surface area contributed by atoms with Crippen molar-refractivity contribution in [2.75, 3.05) is 25.7 Å². The zero-order valence-electron chi connectivity index (χ0n) is 72.8. The van der Waals surface area contributed by atoms with Crippen molar-refractivity contribution in [2.24, 2.45) is 0 Å². The van der Waals surface area contributed by atoms with E-state index in [0.29, 0.717) is 22.4 Å². The van der Waals surface area contributed by atoms with Crippen molar-refractivity contribution in [3.8, 4) is 11.3 Å². The van der Waals surface area contributed by atoms with Crippen LogP contribution in [0.3, 0.4) is 0 Å². The number of nitrogens with zero attached hydrogens (tertiary/aromatic N) is 2. The van der Waals surface area contributed by atoms with E-state index in [4.69, 9.17) is 47.3 Å². The van der Waals surface area contributed by atoms with Crippen LogP contribution in [0.15, 0.2) is 437 Å². The van der Waals surface area contributed by atoms with Gasteiger partial charge in [0.25, 0.3) is 0 Å². The van der Waals surface area contributed by atoms with Crippen LogP contribution in [0, 0.1) is 0 Å². The molecule has 0 fully saturated rings. The Kier molecular flexibility index (Phi) is 40.5. The monoisotopic (exact) mass is 1890 g/mol. The largest absolute Gasteiger partial charge is 0.488 e. The molecule has 0 aliphatic heterocycles. The second-order valence-corrected chi connectivity index (χ2v) is 39.4. The van der Waals surface area contributed by atoms with Crippen LogP contribution in [0.4, 0.5) is 11.6 Å². The van der Waals surface area contributed by atoms with Crippen molar-refractivity contribution in [3.05, 3.63) is 464 Å². The summed E-state index contributed by atoms with van der Waals surface area (Å²) in [5, 5.41) is 34.8. The first-order valence-corrected chi connectivity index (χ1v) is 46.9. The Morgan fingerprint density at radius 1 is 0.295 bits per heavy atom. The van der Waals surface area contributed by atoms with Crippen LogP contribution < -0.4 is 80.6 Å². The number of carbonyl (C=O) groups is 4. The average Bonchev–Trinajstić information content (AvgIpc) is 0.833. The smallest absolute Gasteiger partial charge is 0.465 e. The Hall–Kier alpha value is -12.5. The van der Waals surface area contributed by atoms with Gasteiger partial charge in [0, 0.05) is 26.0 Å². The third kappa shape index (κ3) is 32.0. The maximum Gasteiger partial charge on any atom is 0.488 e. The number of pyridine rings is 2. The molecule has 21 heteroatoms. The van der Waals surface area contributed by atoms with Crippen LogP contribution in [0.1, 0.15) is 83.0 Å². The van der Waals surface area contributed by atoms with E-state index < -0.39 is 73.9 Å². The number of carbonyl (C=O) groups excluding carboxylic acids is 4. The number of rotatable bonds is 18. The van der Waals surface area contributed by atoms with Gasteiger partial charge < -0.3 is 40.5 Å². The second kappa shape index (κ2) is 52.1. The Bertz CT molecular complexity index is 5200. The average molecular weight is 1890 g/mol. The van der Waals surface area contributed by atoms with Gasteiger partial charge in [-0.1, -0.05) is 400 Å². The SMILES string of the molecule is CC(C)(C)OC(=O)c1cccc(B(O)O)c1.COC(=O)c1ccc(N)nc1-c1cccc(C(=O)OC(C)(C)C)c1.COC(=O)c1ccc(N)nc1Cl.[Pd].c1ccc(P(c2ccccc2)c2ccccc2)cc1.c1ccc(P(c2ccccc2)c2ccccc2)cc1.c1ccc(P(c2ccccc2)c2ccccc2)cc1.c1ccc(P(c2ccccc2)c2ccccc2)cc1. The molecule has 6 N–H and O–H groups in total. The second-order valence-electron chi connectivity index (χ2n) is 30.1. The van der Waals surface area contributed by atoms with Crippen molar-refractivity contribution in [3.63, 3.8) is 0 Å². The summed E-state index contributed by atoms with van der Waals surface area (Å²) < 4.78 is 19.7. The van der Waals surface area contributed by atoms with Gasteiger partial charge >= 0.3 is 31.0 Å². The quantitative estimate of drug-likeness (QED) is 0.0206. The maximum atomic E-state index is 12.2. The summed E-state index contributed by atoms with van der Waals surface area (Å²) in [4.78, 5) is 54.7. The number of nitrogen functional groups attached to an aromatic ring is 2. The van der Waals surface area contributed by atoms with E-state index in [0.717, 1.165) is 0 Å². The normalized spacial score (nSPS) is 10.5. The first-order valence-electron chi connectivity index (χ1n) is 41.1. The summed E-state index contributed by atoms with van der Waals surface area (Å²) in [7, 11) is -0.801. The fraction of sp³-hybridized carbons (Fsp3) is 0.0926. The fourth-order valence-electron chi connectivity index (χ4n) is 12.7. The number of hydrogen-bond donors (Lipinski definition) is 4. The van der Waals surface area contributed by atoms with E-state index in [2.05, 4.69) is 379 Å². The summed E-state index contributed by atoms with van der Waals surface area (Å²) in [6, 6.07) is 148. The molecule has 0 saturated heterocycles. The Labute approximate surface area is 781 Å². The van der Waals surface area contributed by atoms with Crippen molar-refractivity contribution in [1.29, 1.82) is 0 Å². The van der Waals surface area contributed by atoms with E-state index in [1.807, 2.05) is 0 Å². The Morgan fingerprint density at radius 2 is 0.519 bits per heavy atom. The first-order chi connectivity index (χ1) is 61.9. The molecule has 14 nitrogen and oxygen atoms in total. The van der Waals surface area contributed by atoms with E-state index in [-0.39, 0.29) is 53.8 Å². The molecular weight excluding hydrogens is 1790 g/mol. The van der Waals surface area contributed by atoms with Gasteiger partial charge in [0.1, 0.15) is 28.0 Å². The molecular formula is C108H102BClN4O10P4Pd. The summed E-state index contributed by atoms with van der Waals surface area (Å²) in [6.07, 6.45) is 0. The number of benzene rings is 14. The molecule has 0 unspecified atom stereocenters. The molecule has 0 amide bonds. The molecule has 14 aromatic carbocycles. The zero-order chi connectivity index (χ0) is 91.1. The molecule has 654 valence electrons. The Balaban J connectivity index is 0.000000171. The predicted molar refractivity (Wildman–Crippen MR) is 538 cm³/mol. The van der Waals surface area contributed by atoms with Gasteiger partial charge in [-0.05, 0) is 191 Å². The minimum Gasteiger partial charge on any atom is -0.465 e. The van der Waals surface area contributed by atoms with Crippen LogP contribution in [-0.2, 0) is 39.4 Å². The van der Waals surface area contributed by atoms with Gasteiger partial charge in [-0.2, -0.15) is 0 Å². The molecule has 0 atom stereocenters. The molecule has 2 aromatic heterocycles. The molecule has 0 aliphatic rings. The molecule has 16 rings (SSSR count). The van der Waals surface area contributed by atoms with Crippen LogP contribution in [0.2, 0.25) is 5.15 Å². The fourth-order valence-corrected chi connectivity index (χ4v) is 22.1.